The smallest absolute Gasteiger partial charge is 0.175 e. The van der Waals surface area contributed by atoms with E-state index in [9.17, 15) is 0 Å². The van der Waals surface area contributed by atoms with Crippen LogP contribution in [0.25, 0.3) is 5.65 Å². The maximum Gasteiger partial charge on any atom is 0.175 e. The Balaban J connectivity index is 2.74. The molecule has 0 radical (unpaired) electrons. The molecule has 0 spiro atoms. The van der Waals surface area contributed by atoms with Crippen LogP contribution in [0.4, 0.5) is 0 Å². The van der Waals surface area contributed by atoms with E-state index in [4.69, 9.17) is 23.2 Å². The van der Waals surface area contributed by atoms with E-state index in [1.54, 1.807) is 6.07 Å². The number of nitrogens with zero attached hydrogens (tertiary/aromatic N) is 3. The molecule has 2 aromatic heterocycles. The van der Waals surface area contributed by atoms with Gasteiger partial charge in [0.2, 0.25) is 0 Å². The topological polar surface area (TPSA) is 30.2 Å². The molecule has 16 heavy (non-hydrogen) atoms. The van der Waals surface area contributed by atoms with Crippen LogP contribution in [0.15, 0.2) is 24.9 Å². The normalized spacial score (nSPS) is 12.0. The highest BCUT2D eigenvalue weighted by atomic mass is 35.5. The molecule has 0 aliphatic heterocycles. The third kappa shape index (κ3) is 1.70. The zero-order valence-corrected chi connectivity index (χ0v) is 10.5. The minimum absolute atomic E-state index is 0.251. The maximum atomic E-state index is 6.11. The van der Waals surface area contributed by atoms with Gasteiger partial charge in [-0.2, -0.15) is 5.10 Å². The summed E-state index contributed by atoms with van der Waals surface area (Å²) in [5.41, 5.74) is 1.14. The molecular formula is C11H11Cl2N3. The summed E-state index contributed by atoms with van der Waals surface area (Å²) in [7, 11) is 0. The summed E-state index contributed by atoms with van der Waals surface area (Å²) in [5.74, 6) is 0. The molecule has 0 bridgehead atoms. The standard InChI is InChI=1S/C11H11Cl2N3/c1-4-11(2,3)8-5-9(13)16-10(15-8)7(12)6-14-16/h4-6H,1H2,2-3H3. The highest BCUT2D eigenvalue weighted by molar-refractivity contribution is 6.34. The number of fused-ring (bicyclic) bond motifs is 1. The van der Waals surface area contributed by atoms with Gasteiger partial charge in [0.1, 0.15) is 10.2 Å². The maximum absolute atomic E-state index is 6.11. The van der Waals surface area contributed by atoms with Crippen molar-refractivity contribution in [2.75, 3.05) is 0 Å². The van der Waals surface area contributed by atoms with Gasteiger partial charge >= 0.3 is 0 Å². The SMILES string of the molecule is C=CC(C)(C)c1cc(Cl)n2ncc(Cl)c2n1. The van der Waals surface area contributed by atoms with Gasteiger partial charge in [-0.1, -0.05) is 43.1 Å². The molecule has 0 aliphatic rings. The first-order valence-electron chi connectivity index (χ1n) is 4.79. The Morgan fingerprint density at radius 2 is 2.12 bits per heavy atom. The van der Waals surface area contributed by atoms with Crippen LogP contribution in [-0.4, -0.2) is 14.6 Å². The molecule has 3 nitrogen and oxygen atoms in total. The molecule has 0 atom stereocenters. The van der Waals surface area contributed by atoms with Gasteiger partial charge in [-0.3, -0.25) is 0 Å². The van der Waals surface area contributed by atoms with E-state index in [-0.39, 0.29) is 5.41 Å². The highest BCUT2D eigenvalue weighted by Crippen LogP contribution is 2.27. The van der Waals surface area contributed by atoms with E-state index in [1.807, 2.05) is 19.9 Å². The van der Waals surface area contributed by atoms with Crippen molar-refractivity contribution in [3.05, 3.63) is 40.8 Å². The molecule has 2 rings (SSSR count). The predicted molar refractivity (Wildman–Crippen MR) is 66.2 cm³/mol. The van der Waals surface area contributed by atoms with Crippen molar-refractivity contribution >= 4 is 28.8 Å². The lowest BCUT2D eigenvalue weighted by molar-refractivity contribution is 0.643. The van der Waals surface area contributed by atoms with Crippen LogP contribution in [-0.2, 0) is 5.41 Å². The number of rotatable bonds is 2. The van der Waals surface area contributed by atoms with Gasteiger partial charge in [0.05, 0.1) is 11.9 Å². The molecule has 0 saturated heterocycles. The Hall–Kier alpha value is -1.06. The van der Waals surface area contributed by atoms with Crippen molar-refractivity contribution in [1.82, 2.24) is 14.6 Å². The van der Waals surface area contributed by atoms with E-state index in [0.29, 0.717) is 15.8 Å². The number of aromatic nitrogens is 3. The first kappa shape index (κ1) is 11.4. The van der Waals surface area contributed by atoms with Crippen molar-refractivity contribution in [2.45, 2.75) is 19.3 Å². The fourth-order valence-corrected chi connectivity index (χ4v) is 1.73. The lowest BCUT2D eigenvalue weighted by Crippen LogP contribution is -2.16. The second kappa shape index (κ2) is 3.75. The third-order valence-electron chi connectivity index (χ3n) is 2.56. The monoisotopic (exact) mass is 255 g/mol. The first-order valence-corrected chi connectivity index (χ1v) is 5.55. The lowest BCUT2D eigenvalue weighted by atomic mass is 9.89. The largest absolute Gasteiger partial charge is 0.231 e. The molecule has 0 saturated carbocycles. The summed E-state index contributed by atoms with van der Waals surface area (Å²) >= 11 is 12.1. The summed E-state index contributed by atoms with van der Waals surface area (Å²) < 4.78 is 1.51. The number of hydrogen-bond acceptors (Lipinski definition) is 2. The van der Waals surface area contributed by atoms with Crippen molar-refractivity contribution in [3.63, 3.8) is 0 Å². The fraction of sp³-hybridized carbons (Fsp3) is 0.273. The molecule has 0 aromatic carbocycles. The average Bonchev–Trinajstić information content (AvgIpc) is 2.61. The molecule has 0 unspecified atom stereocenters. The molecule has 84 valence electrons. The average molecular weight is 256 g/mol. The molecule has 0 N–H and O–H groups in total. The quantitative estimate of drug-likeness (QED) is 0.608. The van der Waals surface area contributed by atoms with E-state index < -0.39 is 0 Å². The Morgan fingerprint density at radius 3 is 2.75 bits per heavy atom. The van der Waals surface area contributed by atoms with Crippen molar-refractivity contribution in [2.24, 2.45) is 0 Å². The molecule has 5 heteroatoms. The second-order valence-corrected chi connectivity index (χ2v) is 4.91. The Bertz CT molecular complexity index is 558. The summed E-state index contributed by atoms with van der Waals surface area (Å²) in [4.78, 5) is 4.45. The number of hydrogen-bond donors (Lipinski definition) is 0. The number of allylic oxidation sites excluding steroid dienone is 1. The van der Waals surface area contributed by atoms with Crippen LogP contribution in [0.5, 0.6) is 0 Å². The van der Waals surface area contributed by atoms with Gasteiger partial charge in [0.25, 0.3) is 0 Å². The Kier molecular flexibility index (Phi) is 2.68. The van der Waals surface area contributed by atoms with Gasteiger partial charge in [0, 0.05) is 5.41 Å². The lowest BCUT2D eigenvalue weighted by Gasteiger charge is -2.19. The molecular weight excluding hydrogens is 245 g/mol. The Labute approximate surface area is 104 Å². The van der Waals surface area contributed by atoms with E-state index in [1.165, 1.54) is 10.7 Å². The zero-order valence-electron chi connectivity index (χ0n) is 9.04. The van der Waals surface area contributed by atoms with Gasteiger partial charge < -0.3 is 0 Å². The van der Waals surface area contributed by atoms with E-state index in [0.717, 1.165) is 5.69 Å². The summed E-state index contributed by atoms with van der Waals surface area (Å²) in [6, 6.07) is 1.78. The molecule has 0 fully saturated rings. The predicted octanol–water partition coefficient (Wildman–Crippen LogP) is 3.50. The molecule has 2 heterocycles. The van der Waals surface area contributed by atoms with Crippen LogP contribution in [0.3, 0.4) is 0 Å². The van der Waals surface area contributed by atoms with E-state index >= 15 is 0 Å². The zero-order chi connectivity index (χ0) is 11.9. The van der Waals surface area contributed by atoms with Gasteiger partial charge in [-0.05, 0) is 6.07 Å². The minimum Gasteiger partial charge on any atom is -0.231 e. The highest BCUT2D eigenvalue weighted by Gasteiger charge is 2.20. The van der Waals surface area contributed by atoms with Gasteiger partial charge in [0.15, 0.2) is 5.65 Å². The molecule has 2 aromatic rings. The summed E-state index contributed by atoms with van der Waals surface area (Å²) in [6.45, 7) is 7.82. The van der Waals surface area contributed by atoms with Crippen LogP contribution in [0.1, 0.15) is 19.5 Å². The molecule has 0 aliphatic carbocycles. The number of halogens is 2. The molecule has 0 amide bonds. The van der Waals surface area contributed by atoms with Gasteiger partial charge in [-0.25, -0.2) is 9.50 Å². The van der Waals surface area contributed by atoms with Crippen LogP contribution in [0, 0.1) is 0 Å². The first-order chi connectivity index (χ1) is 7.45. The third-order valence-corrected chi connectivity index (χ3v) is 3.09. The van der Waals surface area contributed by atoms with Crippen LogP contribution >= 0.6 is 23.2 Å². The second-order valence-electron chi connectivity index (χ2n) is 4.12. The van der Waals surface area contributed by atoms with Gasteiger partial charge in [-0.15, -0.1) is 6.58 Å². The minimum atomic E-state index is -0.251. The summed E-state index contributed by atoms with van der Waals surface area (Å²) in [5, 5.41) is 5.01. The Morgan fingerprint density at radius 1 is 1.44 bits per heavy atom. The van der Waals surface area contributed by atoms with Crippen molar-refractivity contribution < 1.29 is 0 Å². The van der Waals surface area contributed by atoms with Crippen molar-refractivity contribution in [3.8, 4) is 0 Å². The summed E-state index contributed by atoms with van der Waals surface area (Å²) in [6.07, 6.45) is 3.35. The fourth-order valence-electron chi connectivity index (χ4n) is 1.33. The van der Waals surface area contributed by atoms with E-state index in [2.05, 4.69) is 16.7 Å². The van der Waals surface area contributed by atoms with Crippen molar-refractivity contribution in [1.29, 1.82) is 0 Å². The van der Waals surface area contributed by atoms with Crippen LogP contribution < -0.4 is 0 Å². The van der Waals surface area contributed by atoms with Crippen LogP contribution in [0.2, 0.25) is 10.2 Å².